The summed E-state index contributed by atoms with van der Waals surface area (Å²) in [6, 6.07) is 12.6. The summed E-state index contributed by atoms with van der Waals surface area (Å²) in [4.78, 5) is 12.1. The van der Waals surface area contributed by atoms with E-state index in [-0.39, 0.29) is 17.3 Å². The summed E-state index contributed by atoms with van der Waals surface area (Å²) in [6.45, 7) is 4.51. The molecule has 5 nitrogen and oxygen atoms in total. The predicted octanol–water partition coefficient (Wildman–Crippen LogP) is 2.62. The highest BCUT2D eigenvalue weighted by Crippen LogP contribution is 2.21. The van der Waals surface area contributed by atoms with Gasteiger partial charge < -0.3 is 5.32 Å². The molecule has 0 unspecified atom stereocenters. The fourth-order valence-electron chi connectivity index (χ4n) is 2.35. The Morgan fingerprint density at radius 2 is 1.79 bits per heavy atom. The van der Waals surface area contributed by atoms with Crippen molar-refractivity contribution in [1.82, 2.24) is 9.62 Å². The van der Waals surface area contributed by atoms with Gasteiger partial charge in [-0.15, -0.1) is 0 Å². The number of hydrogen-bond donors (Lipinski definition) is 1. The summed E-state index contributed by atoms with van der Waals surface area (Å²) >= 11 is 0. The van der Waals surface area contributed by atoms with Crippen LogP contribution in [0.3, 0.4) is 0 Å². The molecule has 1 N–H and O–H groups in total. The molecule has 2 aromatic carbocycles. The summed E-state index contributed by atoms with van der Waals surface area (Å²) in [5, 5.41) is 4.59. The van der Waals surface area contributed by atoms with Crippen LogP contribution in [0.2, 0.25) is 0 Å². The monoisotopic (exact) mass is 348 g/mol. The Hall–Kier alpha value is -1.92. The van der Waals surface area contributed by atoms with E-state index in [1.165, 1.54) is 7.05 Å². The number of carbonyl (C=O) groups excluding carboxylic acids is 1. The molecule has 6 heteroatoms. The molecule has 0 saturated heterocycles. The molecule has 24 heavy (non-hydrogen) atoms. The van der Waals surface area contributed by atoms with Crippen LogP contribution in [0.25, 0.3) is 10.8 Å². The van der Waals surface area contributed by atoms with E-state index in [2.05, 4.69) is 19.2 Å². The van der Waals surface area contributed by atoms with E-state index in [4.69, 9.17) is 0 Å². The Labute approximate surface area is 143 Å². The Morgan fingerprint density at radius 1 is 1.12 bits per heavy atom. The molecule has 0 aliphatic heterocycles. The number of rotatable bonds is 7. The van der Waals surface area contributed by atoms with Crippen molar-refractivity contribution < 1.29 is 13.2 Å². The van der Waals surface area contributed by atoms with Crippen LogP contribution in [-0.2, 0) is 14.8 Å². The van der Waals surface area contributed by atoms with E-state index in [0.717, 1.165) is 21.5 Å². The van der Waals surface area contributed by atoms with Crippen LogP contribution >= 0.6 is 0 Å². The molecule has 0 spiro atoms. The number of nitrogens with zero attached hydrogens (tertiary/aromatic N) is 1. The van der Waals surface area contributed by atoms with Gasteiger partial charge in [0, 0.05) is 13.6 Å². The average Bonchev–Trinajstić information content (AvgIpc) is 2.53. The number of hydrogen-bond acceptors (Lipinski definition) is 3. The largest absolute Gasteiger partial charge is 0.355 e. The highest BCUT2D eigenvalue weighted by atomic mass is 32.2. The van der Waals surface area contributed by atoms with Crippen LogP contribution in [0.4, 0.5) is 0 Å². The zero-order chi connectivity index (χ0) is 17.7. The third-order valence-electron chi connectivity index (χ3n) is 3.84. The maximum Gasteiger partial charge on any atom is 0.243 e. The number of benzene rings is 2. The molecule has 0 radical (unpaired) electrons. The molecule has 2 aromatic rings. The second kappa shape index (κ2) is 7.77. The predicted molar refractivity (Wildman–Crippen MR) is 96.2 cm³/mol. The molecule has 2 rings (SSSR count). The molecule has 130 valence electrons. The van der Waals surface area contributed by atoms with E-state index in [1.807, 2.05) is 24.3 Å². The molecular weight excluding hydrogens is 324 g/mol. The van der Waals surface area contributed by atoms with Crippen molar-refractivity contribution in [3.05, 3.63) is 42.5 Å². The zero-order valence-electron chi connectivity index (χ0n) is 14.3. The summed E-state index contributed by atoms with van der Waals surface area (Å²) < 4.78 is 26.4. The quantitative estimate of drug-likeness (QED) is 0.836. The third-order valence-corrected chi connectivity index (χ3v) is 5.64. The number of nitrogens with one attached hydrogen (secondary N) is 1. The second-order valence-corrected chi connectivity index (χ2v) is 8.35. The molecule has 0 saturated carbocycles. The maximum absolute atomic E-state index is 12.6. The van der Waals surface area contributed by atoms with Gasteiger partial charge in [0.25, 0.3) is 0 Å². The fourth-order valence-corrected chi connectivity index (χ4v) is 3.51. The van der Waals surface area contributed by atoms with E-state index in [0.29, 0.717) is 12.5 Å². The first-order chi connectivity index (χ1) is 11.3. The first-order valence-electron chi connectivity index (χ1n) is 8.02. The topological polar surface area (TPSA) is 66.5 Å². The normalized spacial score (nSPS) is 12.0. The SMILES string of the molecule is CC(C)CCNC(=O)CN(C)S(=O)(=O)c1ccc2ccccc2c1. The molecule has 0 aliphatic rings. The van der Waals surface area contributed by atoms with Crippen molar-refractivity contribution in [3.63, 3.8) is 0 Å². The van der Waals surface area contributed by atoms with Gasteiger partial charge in [-0.2, -0.15) is 4.31 Å². The lowest BCUT2D eigenvalue weighted by Crippen LogP contribution is -2.38. The van der Waals surface area contributed by atoms with Gasteiger partial charge in [0.15, 0.2) is 0 Å². The highest BCUT2D eigenvalue weighted by molar-refractivity contribution is 7.89. The molecule has 0 atom stereocenters. The first-order valence-corrected chi connectivity index (χ1v) is 9.46. The van der Waals surface area contributed by atoms with Gasteiger partial charge in [0.2, 0.25) is 15.9 Å². The molecule has 1 amide bonds. The number of likely N-dealkylation sites (N-methyl/N-ethyl adjacent to an activating group) is 1. The maximum atomic E-state index is 12.6. The smallest absolute Gasteiger partial charge is 0.243 e. The lowest BCUT2D eigenvalue weighted by atomic mass is 10.1. The van der Waals surface area contributed by atoms with Gasteiger partial charge in [0.1, 0.15) is 0 Å². The van der Waals surface area contributed by atoms with Crippen LogP contribution in [0, 0.1) is 5.92 Å². The number of amides is 1. The summed E-state index contributed by atoms with van der Waals surface area (Å²) in [5.74, 6) is 0.201. The summed E-state index contributed by atoms with van der Waals surface area (Å²) in [6.07, 6.45) is 0.868. The lowest BCUT2D eigenvalue weighted by molar-refractivity contribution is -0.121. The molecular formula is C18H24N2O3S. The van der Waals surface area contributed by atoms with Gasteiger partial charge >= 0.3 is 0 Å². The van der Waals surface area contributed by atoms with Crippen molar-refractivity contribution in [2.24, 2.45) is 5.92 Å². The minimum atomic E-state index is -3.69. The van der Waals surface area contributed by atoms with Crippen LogP contribution in [0.5, 0.6) is 0 Å². The van der Waals surface area contributed by atoms with Crippen LogP contribution in [0.1, 0.15) is 20.3 Å². The number of fused-ring (bicyclic) bond motifs is 1. The Bertz CT molecular complexity index is 816. The third kappa shape index (κ3) is 4.55. The van der Waals surface area contributed by atoms with Crippen LogP contribution < -0.4 is 5.32 Å². The molecule has 0 aliphatic carbocycles. The standard InChI is InChI=1S/C18H24N2O3S/c1-14(2)10-11-19-18(21)13-20(3)24(22,23)17-9-8-15-6-4-5-7-16(15)12-17/h4-9,12,14H,10-11,13H2,1-3H3,(H,19,21). The Morgan fingerprint density at radius 3 is 2.46 bits per heavy atom. The van der Waals surface area contributed by atoms with E-state index in [9.17, 15) is 13.2 Å². The number of carbonyl (C=O) groups is 1. The summed E-state index contributed by atoms with van der Waals surface area (Å²) in [7, 11) is -2.27. The van der Waals surface area contributed by atoms with Crippen molar-refractivity contribution in [2.75, 3.05) is 20.1 Å². The van der Waals surface area contributed by atoms with Gasteiger partial charge in [-0.25, -0.2) is 8.42 Å². The minimum Gasteiger partial charge on any atom is -0.355 e. The molecule has 0 bridgehead atoms. The minimum absolute atomic E-state index is 0.187. The van der Waals surface area contributed by atoms with Crippen LogP contribution in [-0.4, -0.2) is 38.8 Å². The van der Waals surface area contributed by atoms with Gasteiger partial charge in [-0.1, -0.05) is 44.2 Å². The zero-order valence-corrected chi connectivity index (χ0v) is 15.1. The van der Waals surface area contributed by atoms with Gasteiger partial charge in [-0.3, -0.25) is 4.79 Å². The lowest BCUT2D eigenvalue weighted by Gasteiger charge is -2.17. The van der Waals surface area contributed by atoms with E-state index < -0.39 is 10.0 Å². The van der Waals surface area contributed by atoms with E-state index >= 15 is 0 Å². The van der Waals surface area contributed by atoms with Gasteiger partial charge in [0.05, 0.1) is 11.4 Å². The van der Waals surface area contributed by atoms with Crippen molar-refractivity contribution in [3.8, 4) is 0 Å². The van der Waals surface area contributed by atoms with Crippen molar-refractivity contribution in [1.29, 1.82) is 0 Å². The van der Waals surface area contributed by atoms with Gasteiger partial charge in [-0.05, 0) is 35.2 Å². The number of sulfonamides is 1. The van der Waals surface area contributed by atoms with Crippen molar-refractivity contribution in [2.45, 2.75) is 25.2 Å². The molecule has 0 fully saturated rings. The summed E-state index contributed by atoms with van der Waals surface area (Å²) in [5.41, 5.74) is 0. The Kier molecular flexibility index (Phi) is 5.96. The van der Waals surface area contributed by atoms with Crippen LogP contribution in [0.15, 0.2) is 47.4 Å². The second-order valence-electron chi connectivity index (χ2n) is 6.30. The highest BCUT2D eigenvalue weighted by Gasteiger charge is 2.23. The fraction of sp³-hybridized carbons (Fsp3) is 0.389. The van der Waals surface area contributed by atoms with Crippen molar-refractivity contribution >= 4 is 26.7 Å². The molecule has 0 heterocycles. The van der Waals surface area contributed by atoms with E-state index in [1.54, 1.807) is 18.2 Å². The average molecular weight is 348 g/mol. The Balaban J connectivity index is 2.08. The molecule has 0 aromatic heterocycles. The first kappa shape index (κ1) is 18.4.